The summed E-state index contributed by atoms with van der Waals surface area (Å²) in [6, 6.07) is 7.88. The molecule has 7 heteroatoms. The number of benzene rings is 1. The van der Waals surface area contributed by atoms with Crippen molar-refractivity contribution in [2.24, 2.45) is 0 Å². The fourth-order valence-corrected chi connectivity index (χ4v) is 2.54. The van der Waals surface area contributed by atoms with Gasteiger partial charge in [0.1, 0.15) is 0 Å². The maximum absolute atomic E-state index is 5.67. The van der Waals surface area contributed by atoms with Crippen molar-refractivity contribution in [3.05, 3.63) is 28.7 Å². The number of nitrogens with two attached hydrogens (primary N) is 1. The highest BCUT2D eigenvalue weighted by Gasteiger charge is 2.09. The van der Waals surface area contributed by atoms with Gasteiger partial charge in [0, 0.05) is 23.5 Å². The Hall–Kier alpha value is -1.34. The molecule has 1 aromatic carbocycles. The van der Waals surface area contributed by atoms with Crippen LogP contribution < -0.4 is 10.6 Å². The second-order valence-electron chi connectivity index (χ2n) is 3.70. The maximum Gasteiger partial charge on any atom is 0.230 e. The van der Waals surface area contributed by atoms with Gasteiger partial charge in [-0.15, -0.1) is 0 Å². The Morgan fingerprint density at radius 1 is 1.17 bits per heavy atom. The van der Waals surface area contributed by atoms with E-state index in [-0.39, 0.29) is 5.95 Å². The van der Waals surface area contributed by atoms with Gasteiger partial charge in [0.15, 0.2) is 5.16 Å². The summed E-state index contributed by atoms with van der Waals surface area (Å²) in [6.07, 6.45) is 0. The number of aromatic nitrogens is 3. The molecular weight excluding hydrogens is 314 g/mol. The summed E-state index contributed by atoms with van der Waals surface area (Å²) < 4.78 is 1.00. The number of nitrogens with zero attached hydrogens (tertiary/aromatic N) is 4. The Bertz CT molecular complexity index is 561. The van der Waals surface area contributed by atoms with Crippen LogP contribution in [-0.4, -0.2) is 29.0 Å². The molecule has 0 spiro atoms. The third-order valence-electron chi connectivity index (χ3n) is 2.06. The van der Waals surface area contributed by atoms with E-state index in [0.717, 1.165) is 9.37 Å². The molecule has 0 radical (unpaired) electrons. The summed E-state index contributed by atoms with van der Waals surface area (Å²) in [6.45, 7) is 0. The minimum Gasteiger partial charge on any atom is -0.368 e. The van der Waals surface area contributed by atoms with Crippen molar-refractivity contribution in [3.63, 3.8) is 0 Å². The average molecular weight is 326 g/mol. The Morgan fingerprint density at radius 3 is 2.56 bits per heavy atom. The lowest BCUT2D eigenvalue weighted by Crippen LogP contribution is -2.15. The summed E-state index contributed by atoms with van der Waals surface area (Å²) in [4.78, 5) is 15.3. The van der Waals surface area contributed by atoms with Gasteiger partial charge in [0.05, 0.1) is 0 Å². The lowest BCUT2D eigenvalue weighted by atomic mass is 10.4. The van der Waals surface area contributed by atoms with Gasteiger partial charge in [-0.3, -0.25) is 0 Å². The summed E-state index contributed by atoms with van der Waals surface area (Å²) in [5, 5.41) is 0.582. The van der Waals surface area contributed by atoms with E-state index >= 15 is 0 Å². The molecule has 1 aromatic heterocycles. The van der Waals surface area contributed by atoms with Crippen molar-refractivity contribution in [2.75, 3.05) is 24.7 Å². The molecule has 2 N–H and O–H groups in total. The average Bonchev–Trinajstić information content (AvgIpc) is 2.31. The van der Waals surface area contributed by atoms with Crippen LogP contribution in [0.4, 0.5) is 11.9 Å². The van der Waals surface area contributed by atoms with Crippen LogP contribution in [0.1, 0.15) is 0 Å². The Labute approximate surface area is 118 Å². The van der Waals surface area contributed by atoms with E-state index in [1.165, 1.54) is 11.8 Å². The summed E-state index contributed by atoms with van der Waals surface area (Å²) >= 11 is 4.93. The van der Waals surface area contributed by atoms with Crippen molar-refractivity contribution in [1.82, 2.24) is 15.0 Å². The second kappa shape index (κ2) is 5.53. The monoisotopic (exact) mass is 325 g/mol. The molecule has 0 atom stereocenters. The van der Waals surface area contributed by atoms with Gasteiger partial charge in [0.25, 0.3) is 0 Å². The van der Waals surface area contributed by atoms with E-state index in [4.69, 9.17) is 5.73 Å². The van der Waals surface area contributed by atoms with E-state index in [0.29, 0.717) is 11.1 Å². The molecule has 0 fully saturated rings. The maximum atomic E-state index is 5.67. The van der Waals surface area contributed by atoms with Crippen molar-refractivity contribution in [2.45, 2.75) is 10.1 Å². The van der Waals surface area contributed by atoms with Crippen molar-refractivity contribution in [3.8, 4) is 0 Å². The van der Waals surface area contributed by atoms with Gasteiger partial charge < -0.3 is 10.6 Å². The minimum absolute atomic E-state index is 0.225. The van der Waals surface area contributed by atoms with E-state index in [9.17, 15) is 0 Å². The Balaban J connectivity index is 2.32. The molecule has 1 heterocycles. The van der Waals surface area contributed by atoms with Crippen LogP contribution in [0.25, 0.3) is 0 Å². The highest BCUT2D eigenvalue weighted by molar-refractivity contribution is 9.10. The molecule has 0 unspecified atom stereocenters. The van der Waals surface area contributed by atoms with Crippen LogP contribution in [0.15, 0.2) is 38.8 Å². The fraction of sp³-hybridized carbons (Fsp3) is 0.182. The second-order valence-corrected chi connectivity index (χ2v) is 5.57. The zero-order valence-corrected chi connectivity index (χ0v) is 12.4. The van der Waals surface area contributed by atoms with Crippen molar-refractivity contribution in [1.29, 1.82) is 0 Å². The molecule has 0 aliphatic carbocycles. The quantitative estimate of drug-likeness (QED) is 0.934. The summed E-state index contributed by atoms with van der Waals surface area (Å²) in [5.41, 5.74) is 5.67. The number of nitrogen functional groups attached to an aromatic ring is 1. The lowest BCUT2D eigenvalue weighted by molar-refractivity contribution is 0.876. The first-order chi connectivity index (χ1) is 8.56. The Morgan fingerprint density at radius 2 is 1.89 bits per heavy atom. The lowest BCUT2D eigenvalue weighted by Gasteiger charge is -2.11. The van der Waals surface area contributed by atoms with Gasteiger partial charge in [0.2, 0.25) is 11.9 Å². The molecule has 0 aliphatic rings. The molecule has 0 saturated heterocycles. The first-order valence-electron chi connectivity index (χ1n) is 5.17. The standard InChI is InChI=1S/C11H12BrN5S/c1-17(2)10-14-9(13)15-11(16-10)18-8-6-4-3-5-7(8)12/h3-6H,1-2H3,(H2,13,14,15,16). The summed E-state index contributed by atoms with van der Waals surface area (Å²) in [7, 11) is 3.73. The normalized spacial score (nSPS) is 10.4. The molecule has 2 aromatic rings. The van der Waals surface area contributed by atoms with Gasteiger partial charge in [-0.25, -0.2) is 0 Å². The smallest absolute Gasteiger partial charge is 0.230 e. The summed E-state index contributed by atoms with van der Waals surface area (Å²) in [5.74, 6) is 0.778. The zero-order chi connectivity index (χ0) is 13.1. The van der Waals surface area contributed by atoms with Crippen LogP contribution in [-0.2, 0) is 0 Å². The predicted octanol–water partition coefficient (Wildman–Crippen LogP) is 2.43. The molecular formula is C11H12BrN5S. The third kappa shape index (κ3) is 3.11. The molecule has 0 bridgehead atoms. The zero-order valence-electron chi connectivity index (χ0n) is 9.96. The number of hydrogen-bond donors (Lipinski definition) is 1. The molecule has 5 nitrogen and oxygen atoms in total. The number of hydrogen-bond acceptors (Lipinski definition) is 6. The number of rotatable bonds is 3. The SMILES string of the molecule is CN(C)c1nc(N)nc(Sc2ccccc2Br)n1. The highest BCUT2D eigenvalue weighted by atomic mass is 79.9. The minimum atomic E-state index is 0.225. The van der Waals surface area contributed by atoms with E-state index in [1.807, 2.05) is 38.4 Å². The van der Waals surface area contributed by atoms with Crippen molar-refractivity contribution < 1.29 is 0 Å². The predicted molar refractivity (Wildman–Crippen MR) is 76.8 cm³/mol. The van der Waals surface area contributed by atoms with Crippen LogP contribution >= 0.6 is 27.7 Å². The van der Waals surface area contributed by atoms with Crippen LogP contribution in [0, 0.1) is 0 Å². The van der Waals surface area contributed by atoms with Gasteiger partial charge in [-0.05, 0) is 39.8 Å². The van der Waals surface area contributed by atoms with Gasteiger partial charge in [-0.2, -0.15) is 15.0 Å². The topological polar surface area (TPSA) is 67.9 Å². The van der Waals surface area contributed by atoms with Crippen molar-refractivity contribution >= 4 is 39.6 Å². The molecule has 18 heavy (non-hydrogen) atoms. The van der Waals surface area contributed by atoms with E-state index < -0.39 is 0 Å². The third-order valence-corrected chi connectivity index (χ3v) is 3.95. The number of anilines is 2. The van der Waals surface area contributed by atoms with Gasteiger partial charge >= 0.3 is 0 Å². The first-order valence-corrected chi connectivity index (χ1v) is 6.78. The van der Waals surface area contributed by atoms with Crippen LogP contribution in [0.3, 0.4) is 0 Å². The largest absolute Gasteiger partial charge is 0.368 e. The molecule has 94 valence electrons. The van der Waals surface area contributed by atoms with Gasteiger partial charge in [-0.1, -0.05) is 12.1 Å². The number of halogens is 1. The van der Waals surface area contributed by atoms with Crippen LogP contribution in [0.2, 0.25) is 0 Å². The first kappa shape index (κ1) is 13.1. The molecule has 0 amide bonds. The molecule has 0 aliphatic heterocycles. The van der Waals surface area contributed by atoms with E-state index in [1.54, 1.807) is 4.90 Å². The highest BCUT2D eigenvalue weighted by Crippen LogP contribution is 2.31. The molecule has 2 rings (SSSR count). The fourth-order valence-electron chi connectivity index (χ4n) is 1.23. The van der Waals surface area contributed by atoms with Crippen LogP contribution in [0.5, 0.6) is 0 Å². The Kier molecular flexibility index (Phi) is 4.03. The van der Waals surface area contributed by atoms with E-state index in [2.05, 4.69) is 30.9 Å². The molecule has 0 saturated carbocycles.